The van der Waals surface area contributed by atoms with Crippen LogP contribution >= 0.6 is 0 Å². The third-order valence-electron chi connectivity index (χ3n) is 4.26. The molecule has 1 aromatic heterocycles. The fraction of sp³-hybridized carbons (Fsp3) is 0.667. The van der Waals surface area contributed by atoms with E-state index in [0.717, 1.165) is 19.3 Å². The molecule has 1 saturated heterocycles. The number of carbonyl (C=O) groups excluding carboxylic acids is 1. The monoisotopic (exact) mass is 291 g/mol. The lowest BCUT2D eigenvalue weighted by molar-refractivity contribution is -0.157. The molecular weight excluding hydrogens is 270 g/mol. The highest BCUT2D eigenvalue weighted by Gasteiger charge is 2.41. The predicted molar refractivity (Wildman–Crippen MR) is 75.3 cm³/mol. The second kappa shape index (κ2) is 5.60. The van der Waals surface area contributed by atoms with Crippen LogP contribution in [0.1, 0.15) is 38.0 Å². The van der Waals surface area contributed by atoms with E-state index in [1.165, 1.54) is 0 Å². The van der Waals surface area contributed by atoms with Crippen LogP contribution in [0.15, 0.2) is 16.6 Å². The molecule has 0 N–H and O–H groups in total. The summed E-state index contributed by atoms with van der Waals surface area (Å²) in [5.41, 5.74) is -0.233. The minimum absolute atomic E-state index is 0.0730. The molecule has 1 aliphatic heterocycles. The first-order valence-electron chi connectivity index (χ1n) is 7.42. The zero-order chi connectivity index (χ0) is 14.9. The summed E-state index contributed by atoms with van der Waals surface area (Å²) in [6.07, 6.45) is 7.12. The average molecular weight is 291 g/mol. The first-order valence-corrected chi connectivity index (χ1v) is 7.42. The van der Waals surface area contributed by atoms with Crippen LogP contribution < -0.4 is 0 Å². The molecule has 0 radical (unpaired) electrons. The Kier molecular flexibility index (Phi) is 3.80. The molecule has 0 spiro atoms. The summed E-state index contributed by atoms with van der Waals surface area (Å²) in [6, 6.07) is 0. The molecule has 2 heterocycles. The highest BCUT2D eigenvalue weighted by atomic mass is 16.5. The summed E-state index contributed by atoms with van der Waals surface area (Å²) in [6.45, 7) is 5.44. The molecular formula is C15H21N3O3. The highest BCUT2D eigenvalue weighted by Crippen LogP contribution is 2.35. The Morgan fingerprint density at radius 3 is 2.90 bits per heavy atom. The molecule has 114 valence electrons. The molecule has 6 heteroatoms. The normalized spacial score (nSPS) is 25.9. The van der Waals surface area contributed by atoms with E-state index in [4.69, 9.17) is 9.15 Å². The third kappa shape index (κ3) is 3.00. The summed E-state index contributed by atoms with van der Waals surface area (Å²) in [7, 11) is 0. The van der Waals surface area contributed by atoms with E-state index in [1.807, 2.05) is 4.90 Å². The fourth-order valence-electron chi connectivity index (χ4n) is 2.84. The molecule has 2 aliphatic rings. The topological polar surface area (TPSA) is 68.5 Å². The number of rotatable bonds is 4. The Labute approximate surface area is 124 Å². The number of allylic oxidation sites excluding steroid dienone is 2. The number of hydrogen-bond donors (Lipinski definition) is 0. The predicted octanol–water partition coefficient (Wildman–Crippen LogP) is 1.85. The molecule has 0 aromatic carbocycles. The van der Waals surface area contributed by atoms with Gasteiger partial charge in [-0.25, -0.2) is 0 Å². The number of aryl methyl sites for hydroxylation is 1. The van der Waals surface area contributed by atoms with E-state index in [0.29, 0.717) is 31.5 Å². The lowest BCUT2D eigenvalue weighted by atomic mass is 9.77. The van der Waals surface area contributed by atoms with Crippen LogP contribution in [-0.4, -0.2) is 40.2 Å². The van der Waals surface area contributed by atoms with Crippen molar-refractivity contribution in [1.29, 1.82) is 0 Å². The van der Waals surface area contributed by atoms with Gasteiger partial charge in [0.25, 0.3) is 0 Å². The Hall–Kier alpha value is -1.69. The van der Waals surface area contributed by atoms with Crippen molar-refractivity contribution in [1.82, 2.24) is 15.1 Å². The van der Waals surface area contributed by atoms with Crippen molar-refractivity contribution in [2.75, 3.05) is 13.1 Å². The smallest absolute Gasteiger partial charge is 0.242 e. The molecule has 1 aromatic rings. The lowest BCUT2D eigenvalue weighted by Gasteiger charge is -2.44. The molecule has 0 bridgehead atoms. The quantitative estimate of drug-likeness (QED) is 0.792. The minimum Gasteiger partial charge on any atom is -0.423 e. The second-order valence-electron chi connectivity index (χ2n) is 6.13. The van der Waals surface area contributed by atoms with Crippen LogP contribution in [0.4, 0.5) is 0 Å². The van der Waals surface area contributed by atoms with Crippen LogP contribution in [0.3, 0.4) is 0 Å². The van der Waals surface area contributed by atoms with E-state index in [1.54, 1.807) is 6.92 Å². The van der Waals surface area contributed by atoms with Crippen molar-refractivity contribution in [3.05, 3.63) is 23.9 Å². The molecule has 1 amide bonds. The Balaban J connectivity index is 1.45. The van der Waals surface area contributed by atoms with Crippen LogP contribution in [0, 0.1) is 12.3 Å². The highest BCUT2D eigenvalue weighted by molar-refractivity contribution is 5.83. The summed E-state index contributed by atoms with van der Waals surface area (Å²) in [5.74, 6) is 1.28. The Morgan fingerprint density at radius 2 is 2.29 bits per heavy atom. The number of hydrogen-bond acceptors (Lipinski definition) is 5. The average Bonchev–Trinajstić information content (AvgIpc) is 2.83. The molecule has 1 fully saturated rings. The molecule has 1 atom stereocenters. The number of ether oxygens (including phenoxy) is 1. The Morgan fingerprint density at radius 1 is 1.48 bits per heavy atom. The van der Waals surface area contributed by atoms with Crippen LogP contribution in [0.2, 0.25) is 0 Å². The minimum atomic E-state index is -0.233. The van der Waals surface area contributed by atoms with Crippen LogP contribution in [-0.2, 0) is 16.1 Å². The van der Waals surface area contributed by atoms with E-state index < -0.39 is 0 Å². The number of aromatic nitrogens is 2. The molecule has 0 saturated carbocycles. The molecule has 21 heavy (non-hydrogen) atoms. The van der Waals surface area contributed by atoms with Crippen molar-refractivity contribution >= 4 is 5.91 Å². The van der Waals surface area contributed by atoms with Gasteiger partial charge < -0.3 is 14.1 Å². The van der Waals surface area contributed by atoms with Gasteiger partial charge in [-0.05, 0) is 19.3 Å². The maximum Gasteiger partial charge on any atom is 0.242 e. The zero-order valence-corrected chi connectivity index (χ0v) is 12.5. The van der Waals surface area contributed by atoms with Gasteiger partial charge >= 0.3 is 0 Å². The standard InChI is InChI=1S/C15H21N3O3/c1-11-16-17-13(21-11)10-20-12-8-18(9-12)14(19)15(2)6-4-3-5-7-15/h3-4,12H,5-10H2,1-2H3. The second-order valence-corrected chi connectivity index (χ2v) is 6.13. The SMILES string of the molecule is Cc1nnc(COC2CN(C(=O)C3(C)CC=CCC3)C2)o1. The zero-order valence-electron chi connectivity index (χ0n) is 12.5. The molecule has 1 aliphatic carbocycles. The maximum atomic E-state index is 12.5. The van der Waals surface area contributed by atoms with Crippen molar-refractivity contribution in [3.8, 4) is 0 Å². The van der Waals surface area contributed by atoms with Crippen LogP contribution in [0.25, 0.3) is 0 Å². The van der Waals surface area contributed by atoms with Crippen molar-refractivity contribution in [3.63, 3.8) is 0 Å². The van der Waals surface area contributed by atoms with Crippen molar-refractivity contribution in [2.24, 2.45) is 5.41 Å². The van der Waals surface area contributed by atoms with E-state index >= 15 is 0 Å². The van der Waals surface area contributed by atoms with E-state index in [9.17, 15) is 4.79 Å². The fourth-order valence-corrected chi connectivity index (χ4v) is 2.84. The van der Waals surface area contributed by atoms with E-state index in [-0.39, 0.29) is 17.4 Å². The summed E-state index contributed by atoms with van der Waals surface area (Å²) >= 11 is 0. The maximum absolute atomic E-state index is 12.5. The van der Waals surface area contributed by atoms with Crippen molar-refractivity contribution < 1.29 is 13.9 Å². The van der Waals surface area contributed by atoms with Gasteiger partial charge in [-0.3, -0.25) is 4.79 Å². The first kappa shape index (κ1) is 14.3. The largest absolute Gasteiger partial charge is 0.423 e. The molecule has 1 unspecified atom stereocenters. The van der Waals surface area contributed by atoms with Crippen molar-refractivity contribution in [2.45, 2.75) is 45.8 Å². The van der Waals surface area contributed by atoms with Crippen LogP contribution in [0.5, 0.6) is 0 Å². The first-order chi connectivity index (χ1) is 10.1. The van der Waals surface area contributed by atoms with Gasteiger partial charge in [0.2, 0.25) is 17.7 Å². The van der Waals surface area contributed by atoms with Gasteiger partial charge in [-0.15, -0.1) is 10.2 Å². The number of likely N-dealkylation sites (tertiary alicyclic amines) is 1. The van der Waals surface area contributed by atoms with Gasteiger partial charge in [0, 0.05) is 20.0 Å². The number of amides is 1. The summed E-state index contributed by atoms with van der Waals surface area (Å²) in [5, 5.41) is 7.64. The Bertz CT molecular complexity index is 548. The lowest BCUT2D eigenvalue weighted by Crippen LogP contribution is -2.58. The summed E-state index contributed by atoms with van der Waals surface area (Å²) in [4.78, 5) is 14.4. The van der Waals surface area contributed by atoms with Gasteiger partial charge in [0.1, 0.15) is 6.61 Å². The molecule has 6 nitrogen and oxygen atoms in total. The summed E-state index contributed by atoms with van der Waals surface area (Å²) < 4.78 is 10.9. The van der Waals surface area contributed by atoms with Gasteiger partial charge in [-0.2, -0.15) is 0 Å². The van der Waals surface area contributed by atoms with Gasteiger partial charge in [-0.1, -0.05) is 19.1 Å². The molecule has 3 rings (SSSR count). The third-order valence-corrected chi connectivity index (χ3v) is 4.26. The van der Waals surface area contributed by atoms with Gasteiger partial charge in [0.05, 0.1) is 11.5 Å². The number of carbonyl (C=O) groups is 1. The number of nitrogens with zero attached hydrogens (tertiary/aromatic N) is 3. The van der Waals surface area contributed by atoms with E-state index in [2.05, 4.69) is 29.3 Å². The van der Waals surface area contributed by atoms with Gasteiger partial charge in [0.15, 0.2) is 0 Å².